The molecule has 0 radical (unpaired) electrons. The summed E-state index contributed by atoms with van der Waals surface area (Å²) >= 11 is 0. The molecular formula is C20H17N3O4. The molecule has 0 N–H and O–H groups in total. The SMILES string of the molecule is COC1=Cc2c(nc3n(c2=O)-c2ccccc2C(=O)N2CCC[C@@H]32)OC=C1. The largest absolute Gasteiger partial charge is 0.497 e. The van der Waals surface area contributed by atoms with Gasteiger partial charge in [0.25, 0.3) is 11.5 Å². The van der Waals surface area contributed by atoms with Gasteiger partial charge >= 0.3 is 0 Å². The van der Waals surface area contributed by atoms with E-state index in [1.165, 1.54) is 13.4 Å². The Morgan fingerprint density at radius 2 is 2.11 bits per heavy atom. The van der Waals surface area contributed by atoms with Crippen LogP contribution in [0.25, 0.3) is 11.8 Å². The number of aromatic nitrogens is 2. The highest BCUT2D eigenvalue weighted by Crippen LogP contribution is 2.38. The van der Waals surface area contributed by atoms with Crippen LogP contribution >= 0.6 is 0 Å². The molecule has 7 heteroatoms. The van der Waals surface area contributed by atoms with Crippen LogP contribution in [-0.4, -0.2) is 34.0 Å². The molecule has 7 nitrogen and oxygen atoms in total. The van der Waals surface area contributed by atoms with Crippen molar-refractivity contribution in [1.29, 1.82) is 0 Å². The van der Waals surface area contributed by atoms with Crippen molar-refractivity contribution >= 4 is 12.0 Å². The van der Waals surface area contributed by atoms with E-state index in [9.17, 15) is 9.59 Å². The average Bonchev–Trinajstić information content (AvgIpc) is 3.04. The lowest BCUT2D eigenvalue weighted by Crippen LogP contribution is -2.31. The first-order valence-corrected chi connectivity index (χ1v) is 8.85. The highest BCUT2D eigenvalue weighted by Gasteiger charge is 2.39. The fraction of sp³-hybridized carbons (Fsp3) is 0.250. The normalized spacial score (nSPS) is 19.7. The smallest absolute Gasteiger partial charge is 0.269 e. The third-order valence-electron chi connectivity index (χ3n) is 5.23. The Kier molecular flexibility index (Phi) is 3.43. The van der Waals surface area contributed by atoms with Crippen LogP contribution in [0.4, 0.5) is 0 Å². The minimum atomic E-state index is -0.276. The average molecular weight is 363 g/mol. The molecule has 1 saturated heterocycles. The van der Waals surface area contributed by atoms with Crippen molar-refractivity contribution in [3.8, 4) is 11.6 Å². The summed E-state index contributed by atoms with van der Waals surface area (Å²) < 4.78 is 12.4. The van der Waals surface area contributed by atoms with Gasteiger partial charge in [0, 0.05) is 12.6 Å². The van der Waals surface area contributed by atoms with E-state index >= 15 is 0 Å². The van der Waals surface area contributed by atoms with Gasteiger partial charge in [0.05, 0.1) is 30.7 Å². The van der Waals surface area contributed by atoms with Crippen LogP contribution in [0.1, 0.15) is 40.6 Å². The lowest BCUT2D eigenvalue weighted by molar-refractivity contribution is 0.0735. The molecule has 1 aromatic carbocycles. The monoisotopic (exact) mass is 363 g/mol. The number of carbonyl (C=O) groups excluding carboxylic acids is 1. The van der Waals surface area contributed by atoms with E-state index in [0.717, 1.165) is 12.8 Å². The Bertz CT molecular complexity index is 1080. The van der Waals surface area contributed by atoms with Gasteiger partial charge in [-0.2, -0.15) is 4.98 Å². The first-order chi connectivity index (χ1) is 13.2. The number of benzene rings is 1. The fourth-order valence-electron chi connectivity index (χ4n) is 3.97. The van der Waals surface area contributed by atoms with Crippen molar-refractivity contribution < 1.29 is 14.3 Å². The van der Waals surface area contributed by atoms with Gasteiger partial charge < -0.3 is 14.4 Å². The van der Waals surface area contributed by atoms with Crippen LogP contribution in [0.2, 0.25) is 0 Å². The molecule has 136 valence electrons. The summed E-state index contributed by atoms with van der Waals surface area (Å²) in [5.41, 5.74) is 1.09. The Hall–Kier alpha value is -3.35. The molecule has 1 aromatic heterocycles. The van der Waals surface area contributed by atoms with Crippen LogP contribution in [0.3, 0.4) is 0 Å². The maximum absolute atomic E-state index is 13.5. The first kappa shape index (κ1) is 15.9. The number of carbonyl (C=O) groups is 1. The van der Waals surface area contributed by atoms with Crippen LogP contribution < -0.4 is 10.3 Å². The van der Waals surface area contributed by atoms with Crippen LogP contribution in [0, 0.1) is 0 Å². The number of para-hydroxylation sites is 1. The van der Waals surface area contributed by atoms with Crippen LogP contribution in [-0.2, 0) is 4.74 Å². The Balaban J connectivity index is 1.87. The molecule has 3 aliphatic rings. The summed E-state index contributed by atoms with van der Waals surface area (Å²) in [6.45, 7) is 0.652. The van der Waals surface area contributed by atoms with Crippen molar-refractivity contribution in [2.24, 2.45) is 0 Å². The van der Waals surface area contributed by atoms with E-state index in [4.69, 9.17) is 9.47 Å². The lowest BCUT2D eigenvalue weighted by Gasteiger charge is -2.22. The van der Waals surface area contributed by atoms with E-state index in [0.29, 0.717) is 34.9 Å². The molecule has 0 saturated carbocycles. The van der Waals surface area contributed by atoms with Gasteiger partial charge in [0.1, 0.15) is 17.1 Å². The summed E-state index contributed by atoms with van der Waals surface area (Å²) in [6, 6.07) is 6.92. The lowest BCUT2D eigenvalue weighted by atomic mass is 10.1. The fourth-order valence-corrected chi connectivity index (χ4v) is 3.97. The number of rotatable bonds is 1. The van der Waals surface area contributed by atoms with E-state index < -0.39 is 0 Å². The zero-order valence-electron chi connectivity index (χ0n) is 14.7. The molecule has 2 aromatic rings. The Morgan fingerprint density at radius 1 is 1.26 bits per heavy atom. The second kappa shape index (κ2) is 5.84. The molecular weight excluding hydrogens is 346 g/mol. The predicted molar refractivity (Wildman–Crippen MR) is 97.6 cm³/mol. The number of amides is 1. The third-order valence-corrected chi connectivity index (χ3v) is 5.23. The Labute approximate surface area is 155 Å². The van der Waals surface area contributed by atoms with Crippen LogP contribution in [0.5, 0.6) is 5.88 Å². The summed E-state index contributed by atoms with van der Waals surface area (Å²) in [6.07, 6.45) is 6.34. The number of fused-ring (bicyclic) bond motifs is 6. The number of allylic oxidation sites excluding steroid dienone is 1. The maximum Gasteiger partial charge on any atom is 0.269 e. The van der Waals surface area contributed by atoms with E-state index in [1.807, 2.05) is 12.1 Å². The molecule has 5 rings (SSSR count). The molecule has 3 aliphatic heterocycles. The number of ether oxygens (including phenoxy) is 2. The van der Waals surface area contributed by atoms with Crippen LogP contribution in [0.15, 0.2) is 47.2 Å². The molecule has 0 bridgehead atoms. The highest BCUT2D eigenvalue weighted by atomic mass is 16.5. The molecule has 4 heterocycles. The number of methoxy groups -OCH3 is 1. The highest BCUT2D eigenvalue weighted by molar-refractivity contribution is 5.98. The summed E-state index contributed by atoms with van der Waals surface area (Å²) in [4.78, 5) is 33.0. The van der Waals surface area contributed by atoms with Gasteiger partial charge in [-0.1, -0.05) is 12.1 Å². The van der Waals surface area contributed by atoms with Crippen molar-refractivity contribution in [2.75, 3.05) is 13.7 Å². The maximum atomic E-state index is 13.5. The summed E-state index contributed by atoms with van der Waals surface area (Å²) in [5.74, 6) is 1.20. The molecule has 1 fully saturated rings. The van der Waals surface area contributed by atoms with Crippen molar-refractivity contribution in [3.05, 3.63) is 69.7 Å². The minimum absolute atomic E-state index is 0.0675. The summed E-state index contributed by atoms with van der Waals surface area (Å²) in [7, 11) is 1.53. The van der Waals surface area contributed by atoms with Crippen molar-refractivity contribution in [3.63, 3.8) is 0 Å². The van der Waals surface area contributed by atoms with E-state index in [2.05, 4.69) is 4.98 Å². The topological polar surface area (TPSA) is 73.7 Å². The molecule has 0 unspecified atom stereocenters. The second-order valence-electron chi connectivity index (χ2n) is 6.67. The number of hydrogen-bond acceptors (Lipinski definition) is 5. The quantitative estimate of drug-likeness (QED) is 0.778. The van der Waals surface area contributed by atoms with Crippen molar-refractivity contribution in [2.45, 2.75) is 18.9 Å². The van der Waals surface area contributed by atoms with Gasteiger partial charge in [-0.15, -0.1) is 0 Å². The number of hydrogen-bond donors (Lipinski definition) is 0. The zero-order valence-corrected chi connectivity index (χ0v) is 14.7. The third kappa shape index (κ3) is 2.24. The zero-order chi connectivity index (χ0) is 18.5. The number of nitrogens with zero attached hydrogens (tertiary/aromatic N) is 3. The predicted octanol–water partition coefficient (Wildman–Crippen LogP) is 2.42. The standard InChI is InChI=1S/C20H17N3O4/c1-26-12-8-10-27-18-14(11-12)20(25)23-15-6-3-2-5-13(15)19(24)22-9-4-7-16(22)17(23)21-18/h2-3,5-6,8,10-11,16H,4,7,9H2,1H3/t16-/m0/s1. The molecule has 0 aliphatic carbocycles. The molecule has 0 spiro atoms. The van der Waals surface area contributed by atoms with E-state index in [1.54, 1.807) is 33.8 Å². The van der Waals surface area contributed by atoms with Gasteiger partial charge in [-0.05, 0) is 31.1 Å². The first-order valence-electron chi connectivity index (χ1n) is 8.85. The van der Waals surface area contributed by atoms with Gasteiger partial charge in [-0.3, -0.25) is 14.2 Å². The molecule has 1 atom stereocenters. The van der Waals surface area contributed by atoms with Crippen molar-refractivity contribution in [1.82, 2.24) is 14.5 Å². The minimum Gasteiger partial charge on any atom is -0.497 e. The van der Waals surface area contributed by atoms with Gasteiger partial charge in [-0.25, -0.2) is 0 Å². The van der Waals surface area contributed by atoms with Gasteiger partial charge in [0.2, 0.25) is 5.88 Å². The Morgan fingerprint density at radius 3 is 2.96 bits per heavy atom. The van der Waals surface area contributed by atoms with E-state index in [-0.39, 0.29) is 23.4 Å². The molecule has 27 heavy (non-hydrogen) atoms. The van der Waals surface area contributed by atoms with Gasteiger partial charge in [0.15, 0.2) is 0 Å². The summed E-state index contributed by atoms with van der Waals surface area (Å²) in [5, 5.41) is 0. The second-order valence-corrected chi connectivity index (χ2v) is 6.67. The molecule has 1 amide bonds.